The maximum absolute atomic E-state index is 12.6. The SMILES string of the molecule is COc1ccc(-c2nnc(SCC(=O)N/N=C\c3cccc4ccccc34)n2-c2ccc(Cl)cc2)cc1. The first-order valence-electron chi connectivity index (χ1n) is 11.4. The molecule has 0 atom stereocenters. The van der Waals surface area contributed by atoms with Crippen LogP contribution < -0.4 is 10.2 Å². The Balaban J connectivity index is 1.33. The van der Waals surface area contributed by atoms with Crippen LogP contribution in [0, 0.1) is 0 Å². The maximum Gasteiger partial charge on any atom is 0.250 e. The average Bonchev–Trinajstić information content (AvgIpc) is 3.36. The Labute approximate surface area is 223 Å². The molecule has 0 saturated heterocycles. The summed E-state index contributed by atoms with van der Waals surface area (Å²) in [6, 6.07) is 28.9. The van der Waals surface area contributed by atoms with Crippen molar-refractivity contribution in [2.24, 2.45) is 5.10 Å². The van der Waals surface area contributed by atoms with Gasteiger partial charge in [-0.2, -0.15) is 5.10 Å². The summed E-state index contributed by atoms with van der Waals surface area (Å²) in [7, 11) is 1.62. The predicted molar refractivity (Wildman–Crippen MR) is 149 cm³/mol. The van der Waals surface area contributed by atoms with Crippen molar-refractivity contribution in [2.75, 3.05) is 12.9 Å². The molecule has 0 aliphatic heterocycles. The number of nitrogens with zero attached hydrogens (tertiary/aromatic N) is 4. The number of amides is 1. The summed E-state index contributed by atoms with van der Waals surface area (Å²) in [5.74, 6) is 1.25. The minimum Gasteiger partial charge on any atom is -0.497 e. The molecule has 5 aromatic rings. The molecule has 0 fully saturated rings. The van der Waals surface area contributed by atoms with E-state index in [1.54, 1.807) is 25.5 Å². The number of benzene rings is 4. The fraction of sp³-hybridized carbons (Fsp3) is 0.0714. The Bertz CT molecular complexity index is 1560. The highest BCUT2D eigenvalue weighted by Crippen LogP contribution is 2.29. The predicted octanol–water partition coefficient (Wildman–Crippen LogP) is 5.99. The zero-order valence-electron chi connectivity index (χ0n) is 19.8. The van der Waals surface area contributed by atoms with E-state index in [1.807, 2.05) is 83.4 Å². The van der Waals surface area contributed by atoms with Gasteiger partial charge in [-0.05, 0) is 59.3 Å². The fourth-order valence-corrected chi connectivity index (χ4v) is 4.68. The lowest BCUT2D eigenvalue weighted by molar-refractivity contribution is -0.118. The molecule has 1 aromatic heterocycles. The molecule has 4 aromatic carbocycles. The fourth-order valence-electron chi connectivity index (χ4n) is 3.81. The van der Waals surface area contributed by atoms with Gasteiger partial charge < -0.3 is 4.74 Å². The maximum atomic E-state index is 12.6. The number of aromatic nitrogens is 3. The second kappa shape index (κ2) is 11.3. The van der Waals surface area contributed by atoms with Crippen molar-refractivity contribution in [3.05, 3.63) is 102 Å². The van der Waals surface area contributed by atoms with Crippen molar-refractivity contribution in [1.82, 2.24) is 20.2 Å². The zero-order valence-corrected chi connectivity index (χ0v) is 21.4. The minimum atomic E-state index is -0.252. The number of methoxy groups -OCH3 is 1. The van der Waals surface area contributed by atoms with E-state index in [4.69, 9.17) is 16.3 Å². The van der Waals surface area contributed by atoms with Crippen LogP contribution in [0.25, 0.3) is 27.8 Å². The molecule has 0 saturated carbocycles. The number of hydrogen-bond acceptors (Lipinski definition) is 6. The second-order valence-electron chi connectivity index (χ2n) is 8.00. The first kappa shape index (κ1) is 24.5. The number of carbonyl (C=O) groups excluding carboxylic acids is 1. The summed E-state index contributed by atoms with van der Waals surface area (Å²) < 4.78 is 7.17. The third-order valence-electron chi connectivity index (χ3n) is 5.62. The molecule has 1 heterocycles. The molecule has 0 bridgehead atoms. The highest BCUT2D eigenvalue weighted by Gasteiger charge is 2.17. The molecule has 1 N–H and O–H groups in total. The van der Waals surface area contributed by atoms with Crippen LogP contribution in [0.15, 0.2) is 101 Å². The Hall–Kier alpha value is -4.14. The standard InChI is InChI=1S/C28H22ClN5O2S/c1-36-24-15-9-20(10-16-24)27-32-33-28(34(27)23-13-11-22(29)12-14-23)37-18-26(35)31-30-17-21-7-4-6-19-5-2-3-8-25(19)21/h2-17H,18H2,1H3,(H,31,35)/b30-17-. The molecule has 37 heavy (non-hydrogen) atoms. The van der Waals surface area contributed by atoms with E-state index in [1.165, 1.54) is 11.8 Å². The summed E-state index contributed by atoms with van der Waals surface area (Å²) >= 11 is 7.38. The van der Waals surface area contributed by atoms with Gasteiger partial charge in [0.2, 0.25) is 0 Å². The van der Waals surface area contributed by atoms with E-state index in [0.29, 0.717) is 16.0 Å². The third-order valence-corrected chi connectivity index (χ3v) is 6.80. The van der Waals surface area contributed by atoms with Crippen molar-refractivity contribution in [3.63, 3.8) is 0 Å². The number of ether oxygens (including phenoxy) is 1. The Kier molecular flexibility index (Phi) is 7.49. The Morgan fingerprint density at radius 2 is 1.76 bits per heavy atom. The van der Waals surface area contributed by atoms with E-state index in [0.717, 1.165) is 33.3 Å². The largest absolute Gasteiger partial charge is 0.497 e. The molecule has 184 valence electrons. The third kappa shape index (κ3) is 5.66. The van der Waals surface area contributed by atoms with Gasteiger partial charge in [0.15, 0.2) is 11.0 Å². The van der Waals surface area contributed by atoms with Crippen LogP contribution in [-0.2, 0) is 4.79 Å². The molecule has 0 aliphatic carbocycles. The Morgan fingerprint density at radius 1 is 1.00 bits per heavy atom. The monoisotopic (exact) mass is 527 g/mol. The Morgan fingerprint density at radius 3 is 2.54 bits per heavy atom. The molecule has 0 radical (unpaired) electrons. The quantitative estimate of drug-likeness (QED) is 0.152. The summed E-state index contributed by atoms with van der Waals surface area (Å²) in [6.45, 7) is 0. The van der Waals surface area contributed by atoms with Gasteiger partial charge in [0.1, 0.15) is 5.75 Å². The van der Waals surface area contributed by atoms with E-state index in [9.17, 15) is 4.79 Å². The van der Waals surface area contributed by atoms with Gasteiger partial charge in [0.25, 0.3) is 5.91 Å². The number of thioether (sulfide) groups is 1. The van der Waals surface area contributed by atoms with Gasteiger partial charge >= 0.3 is 0 Å². The van der Waals surface area contributed by atoms with Crippen molar-refractivity contribution < 1.29 is 9.53 Å². The molecule has 0 spiro atoms. The van der Waals surface area contributed by atoms with Crippen molar-refractivity contribution >= 4 is 46.3 Å². The molecule has 7 nitrogen and oxygen atoms in total. The van der Waals surface area contributed by atoms with Gasteiger partial charge in [-0.15, -0.1) is 10.2 Å². The molecular weight excluding hydrogens is 506 g/mol. The smallest absolute Gasteiger partial charge is 0.250 e. The van der Waals surface area contributed by atoms with E-state index in [-0.39, 0.29) is 11.7 Å². The van der Waals surface area contributed by atoms with Crippen LogP contribution in [0.2, 0.25) is 5.02 Å². The summed E-state index contributed by atoms with van der Waals surface area (Å²) in [5, 5.41) is 16.3. The van der Waals surface area contributed by atoms with Gasteiger partial charge in [-0.3, -0.25) is 9.36 Å². The van der Waals surface area contributed by atoms with Crippen LogP contribution in [0.4, 0.5) is 0 Å². The number of fused-ring (bicyclic) bond motifs is 1. The topological polar surface area (TPSA) is 81.4 Å². The van der Waals surface area contributed by atoms with Gasteiger partial charge in [0, 0.05) is 21.8 Å². The first-order valence-corrected chi connectivity index (χ1v) is 12.8. The first-order chi connectivity index (χ1) is 18.1. The number of rotatable bonds is 8. The lowest BCUT2D eigenvalue weighted by Crippen LogP contribution is -2.20. The van der Waals surface area contributed by atoms with Gasteiger partial charge in [-0.1, -0.05) is 65.8 Å². The van der Waals surface area contributed by atoms with E-state index >= 15 is 0 Å². The molecular formula is C28H22ClN5O2S. The van der Waals surface area contributed by atoms with Crippen molar-refractivity contribution in [1.29, 1.82) is 0 Å². The summed E-state index contributed by atoms with van der Waals surface area (Å²) in [5.41, 5.74) is 5.22. The highest BCUT2D eigenvalue weighted by molar-refractivity contribution is 7.99. The van der Waals surface area contributed by atoms with Crippen LogP contribution in [0.3, 0.4) is 0 Å². The summed E-state index contributed by atoms with van der Waals surface area (Å²) in [4.78, 5) is 12.6. The van der Waals surface area contributed by atoms with Gasteiger partial charge in [0.05, 0.1) is 19.1 Å². The zero-order chi connectivity index (χ0) is 25.6. The van der Waals surface area contributed by atoms with Crippen LogP contribution in [0.5, 0.6) is 5.75 Å². The molecule has 0 aliphatic rings. The summed E-state index contributed by atoms with van der Waals surface area (Å²) in [6.07, 6.45) is 1.66. The normalized spacial score (nSPS) is 11.2. The average molecular weight is 528 g/mol. The number of hydrogen-bond donors (Lipinski definition) is 1. The van der Waals surface area contributed by atoms with E-state index < -0.39 is 0 Å². The number of nitrogens with one attached hydrogen (secondary N) is 1. The minimum absolute atomic E-state index is 0.112. The van der Waals surface area contributed by atoms with Crippen molar-refractivity contribution in [3.8, 4) is 22.8 Å². The number of hydrazone groups is 1. The highest BCUT2D eigenvalue weighted by atomic mass is 35.5. The number of halogens is 1. The van der Waals surface area contributed by atoms with Gasteiger partial charge in [-0.25, -0.2) is 5.43 Å². The lowest BCUT2D eigenvalue weighted by atomic mass is 10.1. The molecule has 0 unspecified atom stereocenters. The van der Waals surface area contributed by atoms with Crippen LogP contribution in [-0.4, -0.2) is 39.7 Å². The second-order valence-corrected chi connectivity index (χ2v) is 9.38. The van der Waals surface area contributed by atoms with Crippen LogP contribution >= 0.6 is 23.4 Å². The van der Waals surface area contributed by atoms with Crippen molar-refractivity contribution in [2.45, 2.75) is 5.16 Å². The molecule has 5 rings (SSSR count). The molecule has 9 heteroatoms. The van der Waals surface area contributed by atoms with E-state index in [2.05, 4.69) is 20.7 Å². The lowest BCUT2D eigenvalue weighted by Gasteiger charge is -2.11. The van der Waals surface area contributed by atoms with Crippen LogP contribution in [0.1, 0.15) is 5.56 Å². The molecule has 1 amide bonds. The number of carbonyl (C=O) groups is 1.